The van der Waals surface area contributed by atoms with Crippen LogP contribution in [-0.4, -0.2) is 72.8 Å². The molecule has 6 rings (SSSR count). The van der Waals surface area contributed by atoms with Gasteiger partial charge in [-0.3, -0.25) is 19.3 Å². The zero-order valence-electron chi connectivity index (χ0n) is 27.1. The number of likely N-dealkylation sites (N-methyl/N-ethyl adjacent to an activating group) is 2. The average Bonchev–Trinajstić information content (AvgIpc) is 3.58. The van der Waals surface area contributed by atoms with Crippen LogP contribution in [0.2, 0.25) is 0 Å². The second-order valence-electron chi connectivity index (χ2n) is 13.0. The number of alkyl halides is 3. The van der Waals surface area contributed by atoms with Crippen molar-refractivity contribution in [1.82, 2.24) is 14.8 Å². The van der Waals surface area contributed by atoms with E-state index in [9.17, 15) is 27.6 Å². The summed E-state index contributed by atoms with van der Waals surface area (Å²) in [4.78, 5) is 52.5. The zero-order valence-corrected chi connectivity index (χ0v) is 27.1. The molecular formula is C35H36F4N6O3. The van der Waals surface area contributed by atoms with Gasteiger partial charge in [-0.15, -0.1) is 0 Å². The molecule has 0 unspecified atom stereocenters. The third-order valence-corrected chi connectivity index (χ3v) is 9.09. The van der Waals surface area contributed by atoms with Crippen molar-refractivity contribution in [1.29, 1.82) is 0 Å². The van der Waals surface area contributed by atoms with Crippen LogP contribution in [-0.2, 0) is 40.2 Å². The number of nitrogens with zero attached hydrogens (tertiary/aromatic N) is 6. The summed E-state index contributed by atoms with van der Waals surface area (Å²) in [6, 6.07) is 10.7. The summed E-state index contributed by atoms with van der Waals surface area (Å²) < 4.78 is 56.9. The van der Waals surface area contributed by atoms with E-state index in [0.717, 1.165) is 33.7 Å². The van der Waals surface area contributed by atoms with Gasteiger partial charge in [0.05, 0.1) is 16.9 Å². The molecule has 0 bridgehead atoms. The lowest BCUT2D eigenvalue weighted by atomic mass is 9.95. The first-order valence-electron chi connectivity index (χ1n) is 15.5. The standard InChI is InChI=1S/C35H36F4N6O3/c1-20(15-41(3)4)33(47)44-17-23-10-9-22(12-24(23)18-44)16-43-19-25-13-30(46)45(29-14-26(35(37,38)39)11-21(2)40-29)31(25)34(48)42(5)28-8-6-7-27(36)32(28)43/h6-12,14,25,31H,1,13,15-19H2,2-5H3/t25-,31+/m1/s1. The van der Waals surface area contributed by atoms with Crippen molar-refractivity contribution in [3.05, 3.63) is 94.4 Å². The molecule has 0 saturated carbocycles. The van der Waals surface area contributed by atoms with Crippen LogP contribution in [0.25, 0.3) is 0 Å². The van der Waals surface area contributed by atoms with Crippen LogP contribution in [0.3, 0.4) is 0 Å². The van der Waals surface area contributed by atoms with Crippen LogP contribution < -0.4 is 14.7 Å². The number of aromatic nitrogens is 1. The van der Waals surface area contributed by atoms with E-state index in [1.165, 1.54) is 31.0 Å². The normalized spacial score (nSPS) is 19.4. The molecular weight excluding hydrogens is 628 g/mol. The second kappa shape index (κ2) is 12.3. The molecule has 2 aromatic carbocycles. The first-order chi connectivity index (χ1) is 22.6. The van der Waals surface area contributed by atoms with Gasteiger partial charge in [-0.25, -0.2) is 9.37 Å². The van der Waals surface area contributed by atoms with Gasteiger partial charge in [-0.2, -0.15) is 13.2 Å². The summed E-state index contributed by atoms with van der Waals surface area (Å²) in [6.45, 7) is 6.91. The number of halogens is 4. The lowest BCUT2D eigenvalue weighted by Crippen LogP contribution is -2.52. The Kier molecular flexibility index (Phi) is 8.52. The predicted octanol–water partition coefficient (Wildman–Crippen LogP) is 4.91. The Morgan fingerprint density at radius 2 is 1.79 bits per heavy atom. The number of aryl methyl sites for hydroxylation is 1. The Morgan fingerprint density at radius 1 is 1.06 bits per heavy atom. The maximum absolute atomic E-state index is 15.7. The van der Waals surface area contributed by atoms with E-state index in [1.54, 1.807) is 15.9 Å². The van der Waals surface area contributed by atoms with Crippen molar-refractivity contribution in [2.45, 2.75) is 45.2 Å². The molecule has 1 fully saturated rings. The highest BCUT2D eigenvalue weighted by atomic mass is 19.4. The van der Waals surface area contributed by atoms with Crippen LogP contribution in [0.1, 0.15) is 34.4 Å². The van der Waals surface area contributed by atoms with E-state index < -0.39 is 41.3 Å². The quantitative estimate of drug-likeness (QED) is 0.275. The number of fused-ring (bicyclic) bond motifs is 3. The van der Waals surface area contributed by atoms with Gasteiger partial charge in [-0.05, 0) is 62.0 Å². The van der Waals surface area contributed by atoms with Crippen LogP contribution in [0.5, 0.6) is 0 Å². The topological polar surface area (TPSA) is 80.3 Å². The number of para-hydroxylation sites is 1. The minimum atomic E-state index is -4.68. The number of pyridine rings is 1. The van der Waals surface area contributed by atoms with E-state index in [1.807, 2.05) is 37.2 Å². The van der Waals surface area contributed by atoms with Gasteiger partial charge < -0.3 is 19.6 Å². The molecule has 3 aliphatic heterocycles. The van der Waals surface area contributed by atoms with Gasteiger partial charge in [-0.1, -0.05) is 30.8 Å². The van der Waals surface area contributed by atoms with Crippen LogP contribution in [0, 0.1) is 18.7 Å². The van der Waals surface area contributed by atoms with E-state index in [0.29, 0.717) is 25.2 Å². The monoisotopic (exact) mass is 664 g/mol. The third kappa shape index (κ3) is 6.14. The molecule has 4 heterocycles. The van der Waals surface area contributed by atoms with Gasteiger partial charge in [0.1, 0.15) is 17.7 Å². The number of carbonyl (C=O) groups is 3. The van der Waals surface area contributed by atoms with Crippen molar-refractivity contribution >= 4 is 34.9 Å². The summed E-state index contributed by atoms with van der Waals surface area (Å²) >= 11 is 0. The average molecular weight is 665 g/mol. The number of benzene rings is 2. The highest BCUT2D eigenvalue weighted by molar-refractivity contribution is 6.10. The van der Waals surface area contributed by atoms with Gasteiger partial charge in [0.15, 0.2) is 0 Å². The first kappa shape index (κ1) is 33.1. The van der Waals surface area contributed by atoms with Crippen molar-refractivity contribution in [2.75, 3.05) is 48.9 Å². The van der Waals surface area contributed by atoms with Gasteiger partial charge >= 0.3 is 6.18 Å². The fourth-order valence-corrected chi connectivity index (χ4v) is 6.99. The Hall–Kier alpha value is -4.78. The van der Waals surface area contributed by atoms with Crippen molar-refractivity contribution < 1.29 is 31.9 Å². The minimum Gasteiger partial charge on any atom is -0.363 e. The molecule has 3 aromatic rings. The van der Waals surface area contributed by atoms with Gasteiger partial charge in [0.2, 0.25) is 11.8 Å². The molecule has 48 heavy (non-hydrogen) atoms. The Balaban J connectivity index is 1.33. The molecule has 1 saturated heterocycles. The Labute approximate surface area is 276 Å². The van der Waals surface area contributed by atoms with Crippen LogP contribution in [0.15, 0.2) is 60.7 Å². The molecule has 0 spiro atoms. The molecule has 1 aromatic heterocycles. The lowest BCUT2D eigenvalue weighted by Gasteiger charge is -2.39. The van der Waals surface area contributed by atoms with Gasteiger partial charge in [0, 0.05) is 63.4 Å². The van der Waals surface area contributed by atoms with Crippen molar-refractivity contribution in [3.63, 3.8) is 0 Å². The predicted molar refractivity (Wildman–Crippen MR) is 173 cm³/mol. The molecule has 13 heteroatoms. The summed E-state index contributed by atoms with van der Waals surface area (Å²) in [5.74, 6) is -2.70. The van der Waals surface area contributed by atoms with Crippen molar-refractivity contribution in [2.24, 2.45) is 5.92 Å². The smallest absolute Gasteiger partial charge is 0.363 e. The number of anilines is 3. The largest absolute Gasteiger partial charge is 0.416 e. The molecule has 252 valence electrons. The Bertz CT molecular complexity index is 1830. The molecule has 3 amide bonds. The summed E-state index contributed by atoms with van der Waals surface area (Å²) in [7, 11) is 5.21. The fraction of sp³-hybridized carbons (Fsp3) is 0.371. The number of carbonyl (C=O) groups excluding carboxylic acids is 3. The van der Waals surface area contributed by atoms with E-state index in [-0.39, 0.29) is 48.3 Å². The van der Waals surface area contributed by atoms with Crippen LogP contribution in [0.4, 0.5) is 34.8 Å². The number of rotatable bonds is 6. The Morgan fingerprint density at radius 3 is 2.50 bits per heavy atom. The summed E-state index contributed by atoms with van der Waals surface area (Å²) in [6.07, 6.45) is -4.82. The fourth-order valence-electron chi connectivity index (χ4n) is 6.99. The van der Waals surface area contributed by atoms with Crippen molar-refractivity contribution in [3.8, 4) is 0 Å². The highest BCUT2D eigenvalue weighted by Gasteiger charge is 2.49. The number of hydrogen-bond acceptors (Lipinski definition) is 6. The molecule has 2 atom stereocenters. The third-order valence-electron chi connectivity index (χ3n) is 9.09. The first-order valence-corrected chi connectivity index (χ1v) is 15.5. The second-order valence-corrected chi connectivity index (χ2v) is 13.0. The van der Waals surface area contributed by atoms with E-state index in [2.05, 4.69) is 11.6 Å². The molecule has 0 aliphatic carbocycles. The number of amides is 3. The minimum absolute atomic E-state index is 0.0515. The molecule has 0 radical (unpaired) electrons. The number of hydrogen-bond donors (Lipinski definition) is 0. The zero-order chi connectivity index (χ0) is 34.7. The summed E-state index contributed by atoms with van der Waals surface area (Å²) in [5, 5.41) is 0. The van der Waals surface area contributed by atoms with E-state index in [4.69, 9.17) is 0 Å². The van der Waals surface area contributed by atoms with Crippen LogP contribution >= 0.6 is 0 Å². The van der Waals surface area contributed by atoms with E-state index >= 15 is 4.39 Å². The molecule has 9 nitrogen and oxygen atoms in total. The maximum Gasteiger partial charge on any atom is 0.416 e. The lowest BCUT2D eigenvalue weighted by molar-refractivity contribution is -0.137. The summed E-state index contributed by atoms with van der Waals surface area (Å²) in [5.41, 5.74) is 2.80. The van der Waals surface area contributed by atoms with Gasteiger partial charge in [0.25, 0.3) is 5.91 Å². The highest BCUT2D eigenvalue weighted by Crippen LogP contribution is 2.42. The maximum atomic E-state index is 15.7. The molecule has 0 N–H and O–H groups in total. The molecule has 3 aliphatic rings. The SMILES string of the molecule is C=C(CN(C)C)C(=O)N1Cc2ccc(CN3C[C@H]4CC(=O)N(c5cc(C(F)(F)F)cc(C)n5)[C@@H]4C(=O)N(C)c4cccc(F)c43)cc2C1.